The maximum atomic E-state index is 13.4. The monoisotopic (exact) mass is 354 g/mol. The van der Waals surface area contributed by atoms with Crippen LogP contribution in [0.25, 0.3) is 0 Å². The molecule has 0 aromatic heterocycles. The molecule has 2 rings (SSSR count). The molecule has 0 spiro atoms. The maximum Gasteiger partial charge on any atom is 0.137 e. The molecule has 0 aliphatic rings. The highest BCUT2D eigenvalue weighted by Gasteiger charge is 2.19. The average molecular weight is 355 g/mol. The molecular formula is C16H17BrF2N2. The van der Waals surface area contributed by atoms with E-state index < -0.39 is 0 Å². The standard InChI is InChI=1S/C16H17BrF2N2/c1-2-21(13-6-4-12(18)5-7-13)16(10-20)11-3-8-15(19)14(17)9-11/h3-9,16H,2,10,20H2,1H3. The van der Waals surface area contributed by atoms with E-state index in [1.54, 1.807) is 24.3 Å². The van der Waals surface area contributed by atoms with Crippen LogP contribution in [0.15, 0.2) is 46.9 Å². The average Bonchev–Trinajstić information content (AvgIpc) is 2.49. The van der Waals surface area contributed by atoms with Gasteiger partial charge in [-0.05, 0) is 64.8 Å². The number of nitrogens with two attached hydrogens (primary N) is 1. The minimum atomic E-state index is -0.306. The fraction of sp³-hybridized carbons (Fsp3) is 0.250. The normalized spacial score (nSPS) is 12.2. The fourth-order valence-electron chi connectivity index (χ4n) is 2.38. The van der Waals surface area contributed by atoms with Gasteiger partial charge in [-0.1, -0.05) is 6.07 Å². The molecule has 0 amide bonds. The van der Waals surface area contributed by atoms with Gasteiger partial charge in [-0.15, -0.1) is 0 Å². The van der Waals surface area contributed by atoms with Crippen LogP contribution in [0.5, 0.6) is 0 Å². The summed E-state index contributed by atoms with van der Waals surface area (Å²) in [4.78, 5) is 2.07. The number of likely N-dealkylation sites (N-methyl/N-ethyl adjacent to an activating group) is 1. The van der Waals surface area contributed by atoms with Gasteiger partial charge in [0.1, 0.15) is 11.6 Å². The van der Waals surface area contributed by atoms with Crippen molar-refractivity contribution < 1.29 is 8.78 Å². The zero-order valence-corrected chi connectivity index (χ0v) is 13.3. The molecule has 112 valence electrons. The van der Waals surface area contributed by atoms with Crippen LogP contribution in [0.1, 0.15) is 18.5 Å². The van der Waals surface area contributed by atoms with Crippen molar-refractivity contribution >= 4 is 21.6 Å². The Kier molecular flexibility index (Phi) is 5.31. The number of halogens is 3. The summed E-state index contributed by atoms with van der Waals surface area (Å²) in [7, 11) is 0. The van der Waals surface area contributed by atoms with E-state index >= 15 is 0 Å². The van der Waals surface area contributed by atoms with E-state index in [1.165, 1.54) is 18.2 Å². The summed E-state index contributed by atoms with van der Waals surface area (Å²) >= 11 is 3.20. The van der Waals surface area contributed by atoms with E-state index in [0.29, 0.717) is 17.6 Å². The molecule has 0 aliphatic heterocycles. The predicted octanol–water partition coefficient (Wildman–Crippen LogP) is 4.25. The Labute approximate surface area is 131 Å². The molecule has 2 aromatic carbocycles. The van der Waals surface area contributed by atoms with Crippen LogP contribution in [-0.4, -0.2) is 13.1 Å². The Morgan fingerprint density at radius 1 is 1.14 bits per heavy atom. The van der Waals surface area contributed by atoms with Crippen LogP contribution < -0.4 is 10.6 Å². The van der Waals surface area contributed by atoms with Gasteiger partial charge in [0.05, 0.1) is 10.5 Å². The number of anilines is 1. The summed E-state index contributed by atoms with van der Waals surface area (Å²) in [6, 6.07) is 11.1. The highest BCUT2D eigenvalue weighted by Crippen LogP contribution is 2.29. The topological polar surface area (TPSA) is 29.3 Å². The highest BCUT2D eigenvalue weighted by molar-refractivity contribution is 9.10. The van der Waals surface area contributed by atoms with Crippen molar-refractivity contribution in [1.29, 1.82) is 0 Å². The molecule has 0 saturated carbocycles. The van der Waals surface area contributed by atoms with E-state index in [9.17, 15) is 8.78 Å². The van der Waals surface area contributed by atoms with Gasteiger partial charge in [0.2, 0.25) is 0 Å². The van der Waals surface area contributed by atoms with Crippen LogP contribution in [-0.2, 0) is 0 Å². The van der Waals surface area contributed by atoms with Crippen LogP contribution in [0, 0.1) is 11.6 Å². The second kappa shape index (κ2) is 7.00. The molecule has 0 fully saturated rings. The third kappa shape index (κ3) is 3.60. The number of hydrogen-bond acceptors (Lipinski definition) is 2. The van der Waals surface area contributed by atoms with E-state index in [0.717, 1.165) is 11.3 Å². The summed E-state index contributed by atoms with van der Waals surface area (Å²) in [5.74, 6) is -0.581. The second-order valence-corrected chi connectivity index (χ2v) is 5.54. The van der Waals surface area contributed by atoms with Gasteiger partial charge >= 0.3 is 0 Å². The Morgan fingerprint density at radius 2 is 1.81 bits per heavy atom. The lowest BCUT2D eigenvalue weighted by molar-refractivity contribution is 0.609. The van der Waals surface area contributed by atoms with E-state index in [2.05, 4.69) is 20.8 Å². The zero-order valence-electron chi connectivity index (χ0n) is 11.7. The molecular weight excluding hydrogens is 338 g/mol. The summed E-state index contributed by atoms with van der Waals surface area (Å²) in [6.07, 6.45) is 0. The minimum absolute atomic E-state index is 0.0997. The lowest BCUT2D eigenvalue weighted by atomic mass is 10.0. The smallest absolute Gasteiger partial charge is 0.137 e. The molecule has 21 heavy (non-hydrogen) atoms. The van der Waals surface area contributed by atoms with Gasteiger partial charge in [0.25, 0.3) is 0 Å². The van der Waals surface area contributed by atoms with Crippen molar-refractivity contribution in [2.75, 3.05) is 18.0 Å². The van der Waals surface area contributed by atoms with Crippen molar-refractivity contribution in [3.8, 4) is 0 Å². The third-order valence-electron chi connectivity index (χ3n) is 3.43. The van der Waals surface area contributed by atoms with Gasteiger partial charge in [-0.25, -0.2) is 8.78 Å². The molecule has 0 heterocycles. The molecule has 1 unspecified atom stereocenters. The van der Waals surface area contributed by atoms with Crippen molar-refractivity contribution in [1.82, 2.24) is 0 Å². The molecule has 0 aliphatic carbocycles. The largest absolute Gasteiger partial charge is 0.363 e. The first-order valence-electron chi connectivity index (χ1n) is 6.74. The lowest BCUT2D eigenvalue weighted by Gasteiger charge is -2.32. The highest BCUT2D eigenvalue weighted by atomic mass is 79.9. The predicted molar refractivity (Wildman–Crippen MR) is 85.3 cm³/mol. The van der Waals surface area contributed by atoms with Crippen molar-refractivity contribution in [2.24, 2.45) is 5.73 Å². The molecule has 0 bridgehead atoms. The molecule has 1 atom stereocenters. The third-order valence-corrected chi connectivity index (χ3v) is 4.03. The second-order valence-electron chi connectivity index (χ2n) is 4.69. The van der Waals surface area contributed by atoms with Crippen molar-refractivity contribution in [3.63, 3.8) is 0 Å². The van der Waals surface area contributed by atoms with E-state index in [-0.39, 0.29) is 17.7 Å². The molecule has 2 nitrogen and oxygen atoms in total. The van der Waals surface area contributed by atoms with Crippen LogP contribution in [0.3, 0.4) is 0 Å². The summed E-state index contributed by atoms with van der Waals surface area (Å²) in [5, 5.41) is 0. The molecule has 0 saturated heterocycles. The first-order chi connectivity index (χ1) is 10.1. The zero-order chi connectivity index (χ0) is 15.4. The molecule has 5 heteroatoms. The van der Waals surface area contributed by atoms with Crippen molar-refractivity contribution in [2.45, 2.75) is 13.0 Å². The Bertz CT molecular complexity index is 602. The maximum absolute atomic E-state index is 13.4. The Morgan fingerprint density at radius 3 is 2.33 bits per heavy atom. The first kappa shape index (κ1) is 15.9. The number of hydrogen-bond donors (Lipinski definition) is 1. The Hall–Kier alpha value is -1.46. The van der Waals surface area contributed by atoms with Gasteiger partial charge < -0.3 is 10.6 Å². The number of nitrogens with zero attached hydrogens (tertiary/aromatic N) is 1. The fourth-order valence-corrected chi connectivity index (χ4v) is 2.77. The van der Waals surface area contributed by atoms with Gasteiger partial charge in [0, 0.05) is 18.8 Å². The quantitative estimate of drug-likeness (QED) is 0.869. The molecule has 2 N–H and O–H groups in total. The summed E-state index contributed by atoms with van der Waals surface area (Å²) in [5.41, 5.74) is 7.71. The number of rotatable bonds is 5. The van der Waals surface area contributed by atoms with Crippen LogP contribution in [0.4, 0.5) is 14.5 Å². The number of benzene rings is 2. The van der Waals surface area contributed by atoms with Gasteiger partial charge in [-0.3, -0.25) is 0 Å². The van der Waals surface area contributed by atoms with E-state index in [4.69, 9.17) is 5.73 Å². The van der Waals surface area contributed by atoms with Crippen LogP contribution in [0.2, 0.25) is 0 Å². The summed E-state index contributed by atoms with van der Waals surface area (Å²) in [6.45, 7) is 3.09. The SMILES string of the molecule is CCN(c1ccc(F)cc1)C(CN)c1ccc(F)c(Br)c1. The van der Waals surface area contributed by atoms with Crippen molar-refractivity contribution in [3.05, 3.63) is 64.1 Å². The minimum Gasteiger partial charge on any atom is -0.363 e. The molecule has 2 aromatic rings. The van der Waals surface area contributed by atoms with Gasteiger partial charge in [-0.2, -0.15) is 0 Å². The Balaban J connectivity index is 2.36. The first-order valence-corrected chi connectivity index (χ1v) is 7.53. The van der Waals surface area contributed by atoms with Gasteiger partial charge in [0.15, 0.2) is 0 Å². The van der Waals surface area contributed by atoms with E-state index in [1.807, 2.05) is 6.92 Å². The lowest BCUT2D eigenvalue weighted by Crippen LogP contribution is -2.33. The van der Waals surface area contributed by atoms with Crippen LogP contribution >= 0.6 is 15.9 Å². The molecule has 0 radical (unpaired) electrons. The summed E-state index contributed by atoms with van der Waals surface area (Å²) < 4.78 is 26.9.